The van der Waals surface area contributed by atoms with E-state index in [-0.39, 0.29) is 11.9 Å². The molecule has 0 aliphatic carbocycles. The van der Waals surface area contributed by atoms with Crippen LogP contribution in [-0.4, -0.2) is 34.9 Å². The number of nitrogens with one attached hydrogen (secondary N) is 1. The summed E-state index contributed by atoms with van der Waals surface area (Å²) in [7, 11) is 0. The lowest BCUT2D eigenvalue weighted by Crippen LogP contribution is -2.46. The number of aromatic nitrogens is 1. The summed E-state index contributed by atoms with van der Waals surface area (Å²) >= 11 is 0. The van der Waals surface area contributed by atoms with Gasteiger partial charge in [-0.2, -0.15) is 0 Å². The molecule has 1 unspecified atom stereocenters. The quantitative estimate of drug-likeness (QED) is 0.736. The van der Waals surface area contributed by atoms with Crippen molar-refractivity contribution in [1.29, 1.82) is 0 Å². The number of hydrogen-bond donors (Lipinski definition) is 1. The molecule has 1 aliphatic rings. The van der Waals surface area contributed by atoms with Crippen LogP contribution in [0.15, 0.2) is 73.1 Å². The highest BCUT2D eigenvalue weighted by Crippen LogP contribution is 2.28. The lowest BCUT2D eigenvalue weighted by Gasteiger charge is -2.31. The first-order valence-corrected chi connectivity index (χ1v) is 9.80. The van der Waals surface area contributed by atoms with Gasteiger partial charge in [0, 0.05) is 43.0 Å². The van der Waals surface area contributed by atoms with Gasteiger partial charge in [0.1, 0.15) is 0 Å². The smallest absolute Gasteiger partial charge is 0.237 e. The van der Waals surface area contributed by atoms with Crippen LogP contribution >= 0.6 is 0 Å². The molecule has 0 spiro atoms. The van der Waals surface area contributed by atoms with E-state index in [4.69, 9.17) is 0 Å². The zero-order valence-electron chi connectivity index (χ0n) is 16.1. The summed E-state index contributed by atoms with van der Waals surface area (Å²) in [4.78, 5) is 19.2. The first-order chi connectivity index (χ1) is 13.7. The Morgan fingerprint density at radius 2 is 1.89 bits per heavy atom. The highest BCUT2D eigenvalue weighted by atomic mass is 16.2. The van der Waals surface area contributed by atoms with Crippen molar-refractivity contribution in [3.63, 3.8) is 0 Å². The molecule has 0 bridgehead atoms. The van der Waals surface area contributed by atoms with E-state index in [1.807, 2.05) is 55.7 Å². The topological polar surface area (TPSA) is 45.2 Å². The van der Waals surface area contributed by atoms with Crippen molar-refractivity contribution in [1.82, 2.24) is 15.2 Å². The first kappa shape index (κ1) is 18.4. The molecule has 0 fully saturated rings. The number of rotatable bonds is 5. The van der Waals surface area contributed by atoms with Gasteiger partial charge in [0.25, 0.3) is 0 Å². The van der Waals surface area contributed by atoms with Crippen LogP contribution in [0.2, 0.25) is 0 Å². The van der Waals surface area contributed by atoms with Crippen LogP contribution in [0, 0.1) is 0 Å². The Bertz CT molecular complexity index is 992. The van der Waals surface area contributed by atoms with E-state index in [1.165, 1.54) is 16.5 Å². The molecule has 1 N–H and O–H groups in total. The molecule has 1 amide bonds. The molecule has 4 nitrogen and oxygen atoms in total. The molecule has 0 radical (unpaired) electrons. The van der Waals surface area contributed by atoms with Gasteiger partial charge in [-0.3, -0.25) is 14.7 Å². The number of pyridine rings is 1. The Morgan fingerprint density at radius 1 is 1.11 bits per heavy atom. The van der Waals surface area contributed by atoms with E-state index in [0.717, 1.165) is 30.5 Å². The molecule has 1 atom stereocenters. The van der Waals surface area contributed by atoms with E-state index < -0.39 is 0 Å². The van der Waals surface area contributed by atoms with Crippen LogP contribution in [0.4, 0.5) is 0 Å². The normalized spacial score (nSPS) is 15.8. The summed E-state index contributed by atoms with van der Waals surface area (Å²) in [6.07, 6.45) is 7.04. The summed E-state index contributed by atoms with van der Waals surface area (Å²) in [6, 6.07) is 18.2. The summed E-state index contributed by atoms with van der Waals surface area (Å²) in [5, 5.41) is 5.46. The van der Waals surface area contributed by atoms with E-state index in [2.05, 4.69) is 39.5 Å². The number of benzene rings is 2. The first-order valence-electron chi connectivity index (χ1n) is 9.80. The third-order valence-corrected chi connectivity index (χ3v) is 5.49. The van der Waals surface area contributed by atoms with E-state index in [0.29, 0.717) is 6.54 Å². The second-order valence-electron chi connectivity index (χ2n) is 7.26. The van der Waals surface area contributed by atoms with Crippen LogP contribution in [0.3, 0.4) is 0 Å². The summed E-state index contributed by atoms with van der Waals surface area (Å²) < 4.78 is 0. The fourth-order valence-electron chi connectivity index (χ4n) is 3.75. The lowest BCUT2D eigenvalue weighted by molar-refractivity contribution is -0.125. The number of amides is 1. The highest BCUT2D eigenvalue weighted by molar-refractivity contribution is 5.93. The minimum absolute atomic E-state index is 0.0764. The van der Waals surface area contributed by atoms with Gasteiger partial charge in [0.15, 0.2) is 0 Å². The van der Waals surface area contributed by atoms with Crippen molar-refractivity contribution >= 4 is 22.3 Å². The van der Waals surface area contributed by atoms with Crippen LogP contribution in [0.25, 0.3) is 16.3 Å². The van der Waals surface area contributed by atoms with Gasteiger partial charge in [0.2, 0.25) is 5.91 Å². The fourth-order valence-corrected chi connectivity index (χ4v) is 3.75. The van der Waals surface area contributed by atoms with Crippen molar-refractivity contribution < 1.29 is 4.79 Å². The number of carbonyl (C=O) groups is 1. The SMILES string of the molecule is CC(C(=O)NCc1ccccc1)N1CC=C(c2cncc3ccccc23)CC1. The van der Waals surface area contributed by atoms with Gasteiger partial charge in [-0.1, -0.05) is 60.7 Å². The third kappa shape index (κ3) is 3.97. The number of hydrogen-bond acceptors (Lipinski definition) is 3. The predicted octanol–water partition coefficient (Wildman–Crippen LogP) is 4.03. The van der Waals surface area contributed by atoms with Gasteiger partial charge in [-0.05, 0) is 29.9 Å². The number of fused-ring (bicyclic) bond motifs is 1. The minimum Gasteiger partial charge on any atom is -0.351 e. The molecule has 1 aliphatic heterocycles. The van der Waals surface area contributed by atoms with Gasteiger partial charge >= 0.3 is 0 Å². The molecule has 4 rings (SSSR count). The maximum atomic E-state index is 12.6. The molecule has 0 saturated carbocycles. The van der Waals surface area contributed by atoms with Gasteiger partial charge in [0.05, 0.1) is 6.04 Å². The van der Waals surface area contributed by atoms with Gasteiger partial charge in [-0.15, -0.1) is 0 Å². The zero-order valence-corrected chi connectivity index (χ0v) is 16.1. The zero-order chi connectivity index (χ0) is 19.3. The van der Waals surface area contributed by atoms with Gasteiger partial charge < -0.3 is 5.32 Å². The van der Waals surface area contributed by atoms with E-state index in [1.54, 1.807) is 0 Å². The number of carbonyl (C=O) groups excluding carboxylic acids is 1. The molecule has 1 aromatic heterocycles. The van der Waals surface area contributed by atoms with Crippen LogP contribution < -0.4 is 5.32 Å². The summed E-state index contributed by atoms with van der Waals surface area (Å²) in [5.74, 6) is 0.0764. The summed E-state index contributed by atoms with van der Waals surface area (Å²) in [6.45, 7) is 4.20. The highest BCUT2D eigenvalue weighted by Gasteiger charge is 2.23. The second kappa shape index (κ2) is 8.36. The molecule has 2 aromatic carbocycles. The fraction of sp³-hybridized carbons (Fsp3) is 0.250. The largest absolute Gasteiger partial charge is 0.351 e. The summed E-state index contributed by atoms with van der Waals surface area (Å²) in [5.41, 5.74) is 3.64. The van der Waals surface area contributed by atoms with Crippen molar-refractivity contribution in [3.8, 4) is 0 Å². The van der Waals surface area contributed by atoms with E-state index >= 15 is 0 Å². The van der Waals surface area contributed by atoms with Crippen LogP contribution in [0.5, 0.6) is 0 Å². The Kier molecular flexibility index (Phi) is 5.49. The molecule has 0 saturated heterocycles. The molecule has 28 heavy (non-hydrogen) atoms. The Labute approximate surface area is 165 Å². The van der Waals surface area contributed by atoms with Crippen molar-refractivity contribution in [2.75, 3.05) is 13.1 Å². The van der Waals surface area contributed by atoms with Crippen molar-refractivity contribution in [3.05, 3.63) is 84.2 Å². The Morgan fingerprint density at radius 3 is 2.68 bits per heavy atom. The molecule has 3 aromatic rings. The minimum atomic E-state index is -0.146. The Balaban J connectivity index is 1.41. The van der Waals surface area contributed by atoms with Gasteiger partial charge in [-0.25, -0.2) is 0 Å². The molecular weight excluding hydrogens is 346 g/mol. The average Bonchev–Trinajstić information content (AvgIpc) is 2.77. The van der Waals surface area contributed by atoms with Crippen LogP contribution in [-0.2, 0) is 11.3 Å². The van der Waals surface area contributed by atoms with E-state index in [9.17, 15) is 4.79 Å². The molecule has 4 heteroatoms. The number of nitrogens with zero attached hydrogens (tertiary/aromatic N) is 2. The third-order valence-electron chi connectivity index (χ3n) is 5.49. The molecule has 2 heterocycles. The standard InChI is InChI=1S/C24H25N3O/c1-18(24(28)26-15-19-7-3-2-4-8-19)27-13-11-20(12-14-27)23-17-25-16-21-9-5-6-10-22(21)23/h2-11,16-18H,12-15H2,1H3,(H,26,28). The predicted molar refractivity (Wildman–Crippen MR) is 114 cm³/mol. The maximum absolute atomic E-state index is 12.6. The van der Waals surface area contributed by atoms with Crippen molar-refractivity contribution in [2.45, 2.75) is 25.9 Å². The van der Waals surface area contributed by atoms with Crippen molar-refractivity contribution in [2.24, 2.45) is 0 Å². The average molecular weight is 371 g/mol. The lowest BCUT2D eigenvalue weighted by atomic mass is 9.96. The molecule has 142 valence electrons. The molecular formula is C24H25N3O. The second-order valence-corrected chi connectivity index (χ2v) is 7.26. The maximum Gasteiger partial charge on any atom is 0.237 e. The monoisotopic (exact) mass is 371 g/mol. The Hall–Kier alpha value is -2.98. The van der Waals surface area contributed by atoms with Crippen LogP contribution in [0.1, 0.15) is 24.5 Å².